The van der Waals surface area contributed by atoms with Crippen LogP contribution in [0.5, 0.6) is 0 Å². The number of nitrogens with two attached hydrogens (primary N) is 1. The van der Waals surface area contributed by atoms with Gasteiger partial charge in [-0.1, -0.05) is 20.3 Å². The van der Waals surface area contributed by atoms with Gasteiger partial charge in [-0.15, -0.1) is 0 Å². The molecular weight excluding hydrogens is 196 g/mol. The van der Waals surface area contributed by atoms with Crippen LogP contribution in [0, 0.1) is 11.8 Å². The predicted molar refractivity (Wildman–Crippen MR) is 69.4 cm³/mol. The third-order valence-electron chi connectivity index (χ3n) is 4.84. The number of nitrogens with zero attached hydrogens (tertiary/aromatic N) is 1. The highest BCUT2D eigenvalue weighted by Gasteiger charge is 2.36. The summed E-state index contributed by atoms with van der Waals surface area (Å²) in [5.74, 6) is 1.68. The van der Waals surface area contributed by atoms with Crippen molar-refractivity contribution in [1.29, 1.82) is 0 Å². The molecule has 0 radical (unpaired) electrons. The highest BCUT2D eigenvalue weighted by Crippen LogP contribution is 2.35. The molecule has 4 atom stereocenters. The van der Waals surface area contributed by atoms with Crippen molar-refractivity contribution in [2.24, 2.45) is 17.6 Å². The third-order valence-corrected chi connectivity index (χ3v) is 4.84. The molecule has 2 rings (SSSR count). The molecular formula is C14H28N2. The van der Waals surface area contributed by atoms with Gasteiger partial charge in [-0.3, -0.25) is 4.90 Å². The third kappa shape index (κ3) is 2.43. The quantitative estimate of drug-likeness (QED) is 0.798. The fraction of sp³-hybridized carbons (Fsp3) is 1.00. The monoisotopic (exact) mass is 224 g/mol. The Kier molecular flexibility index (Phi) is 4.26. The smallest absolute Gasteiger partial charge is 0.0141 e. The summed E-state index contributed by atoms with van der Waals surface area (Å²) in [6.07, 6.45) is 8.28. The van der Waals surface area contributed by atoms with Gasteiger partial charge in [0.15, 0.2) is 0 Å². The summed E-state index contributed by atoms with van der Waals surface area (Å²) in [5, 5.41) is 0. The summed E-state index contributed by atoms with van der Waals surface area (Å²) < 4.78 is 0. The SMILES string of the molecule is CCC1CCCN1C1CC(C)CCC1CN. The second-order valence-corrected chi connectivity index (χ2v) is 5.92. The molecule has 1 saturated heterocycles. The fourth-order valence-electron chi connectivity index (χ4n) is 3.83. The van der Waals surface area contributed by atoms with Crippen LogP contribution in [-0.4, -0.2) is 30.1 Å². The summed E-state index contributed by atoms with van der Waals surface area (Å²) in [7, 11) is 0. The Morgan fingerprint density at radius 3 is 2.75 bits per heavy atom. The van der Waals surface area contributed by atoms with Gasteiger partial charge in [0.2, 0.25) is 0 Å². The first kappa shape index (κ1) is 12.4. The zero-order chi connectivity index (χ0) is 11.5. The standard InChI is InChI=1S/C14H28N2/c1-3-13-5-4-8-16(13)14-9-11(2)6-7-12(14)10-15/h11-14H,3-10,15H2,1-2H3. The Morgan fingerprint density at radius 1 is 1.25 bits per heavy atom. The average molecular weight is 224 g/mol. The largest absolute Gasteiger partial charge is 0.330 e. The minimum absolute atomic E-state index is 0.767. The molecule has 0 amide bonds. The number of hydrogen-bond acceptors (Lipinski definition) is 2. The molecule has 1 saturated carbocycles. The van der Waals surface area contributed by atoms with E-state index in [1.165, 1.54) is 45.1 Å². The van der Waals surface area contributed by atoms with Crippen LogP contribution in [0.15, 0.2) is 0 Å². The van der Waals surface area contributed by atoms with Crippen molar-refractivity contribution in [3.8, 4) is 0 Å². The zero-order valence-electron chi connectivity index (χ0n) is 11.0. The Labute approximate surface area is 101 Å². The molecule has 2 heteroatoms. The van der Waals surface area contributed by atoms with Gasteiger partial charge in [-0.2, -0.15) is 0 Å². The summed E-state index contributed by atoms with van der Waals surface area (Å²) in [6.45, 7) is 6.97. The molecule has 2 nitrogen and oxygen atoms in total. The van der Waals surface area contributed by atoms with E-state index in [0.717, 1.165) is 30.5 Å². The van der Waals surface area contributed by atoms with Gasteiger partial charge in [0, 0.05) is 12.1 Å². The Balaban J connectivity index is 2.03. The van der Waals surface area contributed by atoms with E-state index in [9.17, 15) is 0 Å². The molecule has 1 aliphatic carbocycles. The molecule has 4 unspecified atom stereocenters. The van der Waals surface area contributed by atoms with Gasteiger partial charge in [-0.05, 0) is 57.0 Å². The van der Waals surface area contributed by atoms with Gasteiger partial charge in [-0.25, -0.2) is 0 Å². The van der Waals surface area contributed by atoms with Gasteiger partial charge in [0.05, 0.1) is 0 Å². The van der Waals surface area contributed by atoms with E-state index in [0.29, 0.717) is 0 Å². The van der Waals surface area contributed by atoms with Crippen LogP contribution in [0.2, 0.25) is 0 Å². The summed E-state index contributed by atoms with van der Waals surface area (Å²) in [6, 6.07) is 1.64. The number of rotatable bonds is 3. The minimum atomic E-state index is 0.767. The molecule has 0 spiro atoms. The van der Waals surface area contributed by atoms with Crippen molar-refractivity contribution in [2.45, 2.75) is 64.5 Å². The second-order valence-electron chi connectivity index (χ2n) is 5.92. The predicted octanol–water partition coefficient (Wildman–Crippen LogP) is 2.62. The van der Waals surface area contributed by atoms with Crippen molar-refractivity contribution in [3.63, 3.8) is 0 Å². The molecule has 0 bridgehead atoms. The molecule has 1 heterocycles. The maximum absolute atomic E-state index is 5.97. The van der Waals surface area contributed by atoms with Crippen LogP contribution in [0.25, 0.3) is 0 Å². The van der Waals surface area contributed by atoms with Crippen molar-refractivity contribution in [2.75, 3.05) is 13.1 Å². The second kappa shape index (κ2) is 5.50. The van der Waals surface area contributed by atoms with Crippen LogP contribution in [0.1, 0.15) is 52.4 Å². The van der Waals surface area contributed by atoms with Crippen molar-refractivity contribution >= 4 is 0 Å². The van der Waals surface area contributed by atoms with E-state index < -0.39 is 0 Å². The van der Waals surface area contributed by atoms with E-state index in [-0.39, 0.29) is 0 Å². The fourth-order valence-corrected chi connectivity index (χ4v) is 3.83. The molecule has 16 heavy (non-hydrogen) atoms. The molecule has 2 fully saturated rings. The van der Waals surface area contributed by atoms with Crippen LogP contribution in [0.3, 0.4) is 0 Å². The minimum Gasteiger partial charge on any atom is -0.330 e. The first-order valence-corrected chi connectivity index (χ1v) is 7.22. The molecule has 0 aromatic carbocycles. The van der Waals surface area contributed by atoms with E-state index in [4.69, 9.17) is 5.73 Å². The van der Waals surface area contributed by atoms with E-state index >= 15 is 0 Å². The maximum atomic E-state index is 5.97. The lowest BCUT2D eigenvalue weighted by molar-refractivity contribution is 0.0742. The normalized spacial score (nSPS) is 41.4. The molecule has 2 N–H and O–H groups in total. The van der Waals surface area contributed by atoms with Crippen molar-refractivity contribution < 1.29 is 0 Å². The number of likely N-dealkylation sites (tertiary alicyclic amines) is 1. The molecule has 2 aliphatic rings. The molecule has 0 aromatic heterocycles. The van der Waals surface area contributed by atoms with Crippen LogP contribution in [0.4, 0.5) is 0 Å². The Bertz CT molecular complexity index is 217. The highest BCUT2D eigenvalue weighted by atomic mass is 15.2. The first-order valence-electron chi connectivity index (χ1n) is 7.22. The lowest BCUT2D eigenvalue weighted by atomic mass is 9.78. The van der Waals surface area contributed by atoms with Crippen LogP contribution in [-0.2, 0) is 0 Å². The van der Waals surface area contributed by atoms with E-state index in [2.05, 4.69) is 18.7 Å². The lowest BCUT2D eigenvalue weighted by Crippen LogP contribution is -2.48. The summed E-state index contributed by atoms with van der Waals surface area (Å²) >= 11 is 0. The molecule has 94 valence electrons. The van der Waals surface area contributed by atoms with Crippen molar-refractivity contribution in [1.82, 2.24) is 4.90 Å². The Hall–Kier alpha value is -0.0800. The lowest BCUT2D eigenvalue weighted by Gasteiger charge is -2.42. The van der Waals surface area contributed by atoms with Gasteiger partial charge in [0.25, 0.3) is 0 Å². The van der Waals surface area contributed by atoms with E-state index in [1.54, 1.807) is 0 Å². The van der Waals surface area contributed by atoms with Crippen LogP contribution < -0.4 is 5.73 Å². The summed E-state index contributed by atoms with van der Waals surface area (Å²) in [5.41, 5.74) is 5.97. The van der Waals surface area contributed by atoms with Crippen molar-refractivity contribution in [3.05, 3.63) is 0 Å². The highest BCUT2D eigenvalue weighted by molar-refractivity contribution is 4.91. The first-order chi connectivity index (χ1) is 7.76. The Morgan fingerprint density at radius 2 is 2.06 bits per heavy atom. The number of hydrogen-bond donors (Lipinski definition) is 1. The van der Waals surface area contributed by atoms with E-state index in [1.807, 2.05) is 0 Å². The van der Waals surface area contributed by atoms with Crippen LogP contribution >= 0.6 is 0 Å². The average Bonchev–Trinajstić information content (AvgIpc) is 2.76. The molecule has 1 aliphatic heterocycles. The zero-order valence-corrected chi connectivity index (χ0v) is 11.0. The van der Waals surface area contributed by atoms with Gasteiger partial charge >= 0.3 is 0 Å². The van der Waals surface area contributed by atoms with Gasteiger partial charge in [0.1, 0.15) is 0 Å². The molecule has 0 aromatic rings. The topological polar surface area (TPSA) is 29.3 Å². The summed E-state index contributed by atoms with van der Waals surface area (Å²) in [4.78, 5) is 2.80. The van der Waals surface area contributed by atoms with Gasteiger partial charge < -0.3 is 5.73 Å². The maximum Gasteiger partial charge on any atom is 0.0141 e.